The Kier molecular flexibility index (Phi) is 3.95. The highest BCUT2D eigenvalue weighted by atomic mass is 31.2. The van der Waals surface area contributed by atoms with E-state index >= 15 is 4.57 Å². The summed E-state index contributed by atoms with van der Waals surface area (Å²) in [5.41, 5.74) is 5.47. The minimum atomic E-state index is -3.06. The van der Waals surface area contributed by atoms with Crippen LogP contribution >= 0.6 is 7.14 Å². The highest BCUT2D eigenvalue weighted by Gasteiger charge is 2.38. The van der Waals surface area contributed by atoms with Gasteiger partial charge >= 0.3 is 16.5 Å². The van der Waals surface area contributed by atoms with Gasteiger partial charge in [-0.05, 0) is 11.6 Å². The maximum absolute atomic E-state index is 15.1. The van der Waals surface area contributed by atoms with Gasteiger partial charge in [-0.15, -0.1) is 0 Å². The molecule has 0 aliphatic carbocycles. The third-order valence-electron chi connectivity index (χ3n) is 6.04. The summed E-state index contributed by atoms with van der Waals surface area (Å²) in [4.78, 5) is 0. The van der Waals surface area contributed by atoms with Gasteiger partial charge in [0.1, 0.15) is 0 Å². The second-order valence-electron chi connectivity index (χ2n) is 7.59. The molecule has 6 rings (SSSR count). The molecule has 1 aliphatic heterocycles. The molecule has 1 atom stereocenters. The van der Waals surface area contributed by atoms with Crippen LogP contribution in [0, 0.1) is 0 Å². The topological polar surface area (TPSA) is 22.0 Å². The van der Waals surface area contributed by atoms with Crippen LogP contribution in [0.15, 0.2) is 103 Å². The van der Waals surface area contributed by atoms with Gasteiger partial charge in [-0.2, -0.15) is 0 Å². The lowest BCUT2D eigenvalue weighted by atomic mass is 9.98. The summed E-state index contributed by atoms with van der Waals surface area (Å²) in [6.45, 7) is 0. The molecule has 2 radical (unpaired) electrons. The van der Waals surface area contributed by atoms with Crippen molar-refractivity contribution in [3.05, 3.63) is 103 Å². The lowest BCUT2D eigenvalue weighted by molar-refractivity contribution is 0.592. The Hall–Kier alpha value is -2.82. The van der Waals surface area contributed by atoms with Gasteiger partial charge in [0.25, 0.3) is 0 Å². The van der Waals surface area contributed by atoms with Crippen LogP contribution in [-0.4, -0.2) is 20.1 Å². The smallest absolute Gasteiger partial charge is 0.318 e. The molecule has 0 amide bonds. The second kappa shape index (κ2) is 6.59. The Bertz CT molecular complexity index is 1490. The van der Waals surface area contributed by atoms with Crippen molar-refractivity contribution in [1.82, 2.24) is 3.55 Å². The van der Waals surface area contributed by atoms with Gasteiger partial charge in [0.15, 0.2) is 7.14 Å². The van der Waals surface area contributed by atoms with Crippen LogP contribution in [0.1, 0.15) is 0 Å². The Morgan fingerprint density at radius 1 is 0.633 bits per heavy atom. The fraction of sp³-hybridized carbons (Fsp3) is 0. The summed E-state index contributed by atoms with van der Waals surface area (Å²) in [5.74, 6) is 0. The average Bonchev–Trinajstić information content (AvgIpc) is 3.06. The number of hydrogen-bond donors (Lipinski definition) is 0. The molecule has 30 heavy (non-hydrogen) atoms. The van der Waals surface area contributed by atoms with Gasteiger partial charge in [-0.3, -0.25) is 0 Å². The molecule has 4 heteroatoms. The van der Waals surface area contributed by atoms with E-state index in [1.807, 2.05) is 66.7 Å². The van der Waals surface area contributed by atoms with Crippen LogP contribution in [0.3, 0.4) is 0 Å². The third kappa shape index (κ3) is 2.29. The van der Waals surface area contributed by atoms with E-state index in [4.69, 9.17) is 0 Å². The molecule has 0 saturated carbocycles. The largest absolute Gasteiger partial charge is 0.451 e. The molecule has 0 bridgehead atoms. The first-order chi connectivity index (χ1) is 14.7. The molecule has 0 fully saturated rings. The summed E-state index contributed by atoms with van der Waals surface area (Å²) >= 11 is 2.87. The Morgan fingerprint density at radius 3 is 1.97 bits per heavy atom. The molecule has 140 valence electrons. The van der Waals surface area contributed by atoms with E-state index in [0.29, 0.717) is 0 Å². The van der Waals surface area contributed by atoms with Crippen LogP contribution in [0.2, 0.25) is 0 Å². The number of aromatic nitrogens is 1. The number of nitrogens with zero attached hydrogens (tertiary/aromatic N) is 1. The van der Waals surface area contributed by atoms with Crippen molar-refractivity contribution < 1.29 is 4.57 Å². The number of fused-ring (bicyclic) bond motifs is 7. The first kappa shape index (κ1) is 18.0. The summed E-state index contributed by atoms with van der Waals surface area (Å²) in [5, 5.41) is 3.85. The number of benzene rings is 4. The highest BCUT2D eigenvalue weighted by Crippen LogP contribution is 2.53. The summed E-state index contributed by atoms with van der Waals surface area (Å²) in [6.07, 6.45) is 0. The molecule has 0 saturated heterocycles. The van der Waals surface area contributed by atoms with E-state index in [9.17, 15) is 0 Å². The fourth-order valence-corrected chi connectivity index (χ4v) is 8.29. The van der Waals surface area contributed by atoms with Crippen molar-refractivity contribution in [2.24, 2.45) is 0 Å². The molecular formula is C26H17AlNOP. The summed E-state index contributed by atoms with van der Waals surface area (Å²) in [7, 11) is -3.06. The minimum Gasteiger partial charge on any atom is -0.451 e. The maximum Gasteiger partial charge on any atom is 0.318 e. The molecule has 2 heterocycles. The minimum absolute atomic E-state index is 0.870. The zero-order chi connectivity index (χ0) is 20.3. The Labute approximate surface area is 183 Å². The van der Waals surface area contributed by atoms with Crippen LogP contribution in [-0.2, 0) is 4.57 Å². The van der Waals surface area contributed by atoms with Gasteiger partial charge in [-0.25, -0.2) is 0 Å². The second-order valence-corrected chi connectivity index (χ2v) is 10.8. The van der Waals surface area contributed by atoms with E-state index in [1.165, 1.54) is 5.39 Å². The van der Waals surface area contributed by atoms with E-state index in [0.717, 1.165) is 43.8 Å². The number of rotatable bonds is 1. The predicted molar refractivity (Wildman–Crippen MR) is 127 cm³/mol. The van der Waals surface area contributed by atoms with Crippen molar-refractivity contribution in [3.63, 3.8) is 0 Å². The molecule has 1 aromatic heterocycles. The first-order valence-electron chi connectivity index (χ1n) is 9.95. The first-order valence-corrected chi connectivity index (χ1v) is 12.2. The maximum atomic E-state index is 15.1. The Morgan fingerprint density at radius 2 is 1.20 bits per heavy atom. The van der Waals surface area contributed by atoms with Gasteiger partial charge in [0.05, 0.1) is 0 Å². The van der Waals surface area contributed by atoms with Gasteiger partial charge in [0, 0.05) is 43.6 Å². The van der Waals surface area contributed by atoms with Gasteiger partial charge in [0.2, 0.25) is 0 Å². The molecule has 1 unspecified atom stereocenters. The van der Waals surface area contributed by atoms with Gasteiger partial charge in [-0.1, -0.05) is 97.1 Å². The van der Waals surface area contributed by atoms with E-state index in [2.05, 4.69) is 56.5 Å². The van der Waals surface area contributed by atoms with Crippen molar-refractivity contribution in [2.75, 3.05) is 0 Å². The average molecular weight is 417 g/mol. The molecule has 2 nitrogen and oxygen atoms in total. The molecule has 5 aromatic rings. The van der Waals surface area contributed by atoms with Gasteiger partial charge < -0.3 is 8.12 Å². The normalized spacial score (nSPS) is 17.1. The van der Waals surface area contributed by atoms with Crippen LogP contribution < -0.4 is 15.9 Å². The third-order valence-corrected chi connectivity index (χ3v) is 9.74. The molecule has 4 aromatic carbocycles. The van der Waals surface area contributed by atoms with Crippen molar-refractivity contribution >= 4 is 50.5 Å². The SMILES string of the molecule is O=P1(c2ccccc2)c2ccccc2-c2c([n]([Al])c3ccccc23)-c2ccccc21. The van der Waals surface area contributed by atoms with E-state index in [-0.39, 0.29) is 0 Å². The lowest BCUT2D eigenvalue weighted by Crippen LogP contribution is -2.26. The van der Waals surface area contributed by atoms with Crippen LogP contribution in [0.4, 0.5) is 0 Å². The molecule has 1 aliphatic rings. The van der Waals surface area contributed by atoms with Crippen LogP contribution in [0.25, 0.3) is 33.3 Å². The van der Waals surface area contributed by atoms with Crippen LogP contribution in [0.5, 0.6) is 0 Å². The standard InChI is InChI=1S/C26H17NOP.Al/c28-29(18-10-2-1-3-11-18)23-16-8-5-13-20(23)25-19-12-4-7-15-22(19)27-26(25)21-14-6-9-17-24(21)29;/h1-17H;/q-1;+1. The fourth-order valence-electron chi connectivity index (χ4n) is 4.75. The molecular weight excluding hydrogens is 400 g/mol. The molecule has 0 spiro atoms. The summed E-state index contributed by atoms with van der Waals surface area (Å²) < 4.78 is 17.3. The van der Waals surface area contributed by atoms with Crippen molar-refractivity contribution in [1.29, 1.82) is 0 Å². The van der Waals surface area contributed by atoms with E-state index in [1.54, 1.807) is 0 Å². The highest BCUT2D eigenvalue weighted by molar-refractivity contribution is 7.85. The van der Waals surface area contributed by atoms with E-state index < -0.39 is 7.14 Å². The zero-order valence-electron chi connectivity index (χ0n) is 16.2. The number of para-hydroxylation sites is 1. The lowest BCUT2D eigenvalue weighted by Gasteiger charge is -2.22. The number of hydrogen-bond acceptors (Lipinski definition) is 1. The molecule has 0 N–H and O–H groups in total. The van der Waals surface area contributed by atoms with Crippen molar-refractivity contribution in [2.45, 2.75) is 0 Å². The monoisotopic (exact) mass is 417 g/mol. The quantitative estimate of drug-likeness (QED) is 0.277. The Balaban J connectivity index is 1.88. The zero-order valence-corrected chi connectivity index (χ0v) is 18.2. The predicted octanol–water partition coefficient (Wildman–Crippen LogP) is 4.86. The van der Waals surface area contributed by atoms with Crippen molar-refractivity contribution in [3.8, 4) is 22.4 Å². The summed E-state index contributed by atoms with van der Waals surface area (Å²) in [6, 6.07) is 34.7.